The summed E-state index contributed by atoms with van der Waals surface area (Å²) < 4.78 is 6.85. The normalized spacial score (nSPS) is 10.6. The van der Waals surface area contributed by atoms with Crippen LogP contribution in [0.5, 0.6) is 0 Å². The topological polar surface area (TPSA) is 88.5 Å². The van der Waals surface area contributed by atoms with Crippen molar-refractivity contribution in [3.63, 3.8) is 0 Å². The molecule has 8 nitrogen and oxygen atoms in total. The number of amides is 1. The molecule has 1 amide bonds. The van der Waals surface area contributed by atoms with E-state index in [2.05, 4.69) is 15.7 Å². The molecule has 0 unspecified atom stereocenters. The van der Waals surface area contributed by atoms with E-state index in [9.17, 15) is 9.59 Å². The van der Waals surface area contributed by atoms with Gasteiger partial charge >= 0.3 is 5.97 Å². The number of thiophene rings is 1. The SMILES string of the molecule is CCN(CC)C(=O)c1sc(NC(=S)NCc2cnn(CC)c2C)c(C(=O)OC)c1C. The van der Waals surface area contributed by atoms with Crippen LogP contribution >= 0.6 is 23.6 Å². The molecule has 0 saturated heterocycles. The lowest BCUT2D eigenvalue weighted by atomic mass is 10.1. The van der Waals surface area contributed by atoms with E-state index in [1.54, 1.807) is 11.8 Å². The summed E-state index contributed by atoms with van der Waals surface area (Å²) in [6.07, 6.45) is 1.81. The van der Waals surface area contributed by atoms with E-state index in [0.29, 0.717) is 45.8 Å². The van der Waals surface area contributed by atoms with Crippen LogP contribution in [0, 0.1) is 13.8 Å². The Morgan fingerprint density at radius 1 is 1.27 bits per heavy atom. The fourth-order valence-corrected chi connectivity index (χ4v) is 4.51. The zero-order valence-corrected chi connectivity index (χ0v) is 19.9. The van der Waals surface area contributed by atoms with Gasteiger partial charge in [0.1, 0.15) is 5.00 Å². The second-order valence-electron chi connectivity index (χ2n) is 6.61. The van der Waals surface area contributed by atoms with Crippen molar-refractivity contribution in [3.05, 3.63) is 33.5 Å². The predicted octanol–water partition coefficient (Wildman–Crippen LogP) is 3.34. The Bertz CT molecular complexity index is 931. The number of aromatic nitrogens is 2. The number of nitrogens with zero attached hydrogens (tertiary/aromatic N) is 3. The number of rotatable bonds is 8. The monoisotopic (exact) mass is 451 g/mol. The van der Waals surface area contributed by atoms with Gasteiger partial charge in [-0.25, -0.2) is 4.79 Å². The van der Waals surface area contributed by atoms with Gasteiger partial charge in [-0.3, -0.25) is 9.48 Å². The Hall–Kier alpha value is -2.46. The van der Waals surface area contributed by atoms with Crippen LogP contribution in [0.1, 0.15) is 57.6 Å². The van der Waals surface area contributed by atoms with Gasteiger partial charge in [0.25, 0.3) is 5.91 Å². The van der Waals surface area contributed by atoms with E-state index in [1.165, 1.54) is 18.4 Å². The van der Waals surface area contributed by atoms with E-state index in [0.717, 1.165) is 17.8 Å². The zero-order valence-electron chi connectivity index (χ0n) is 18.3. The minimum absolute atomic E-state index is 0.109. The molecule has 0 aromatic carbocycles. The molecule has 10 heteroatoms. The molecule has 2 aromatic rings. The smallest absolute Gasteiger partial charge is 0.341 e. The summed E-state index contributed by atoms with van der Waals surface area (Å²) in [6, 6.07) is 0. The van der Waals surface area contributed by atoms with Gasteiger partial charge in [0.05, 0.1) is 23.7 Å². The lowest BCUT2D eigenvalue weighted by Crippen LogP contribution is -2.30. The number of ether oxygens (including phenoxy) is 1. The number of thiocarbonyl (C=S) groups is 1. The number of carbonyl (C=O) groups is 2. The van der Waals surface area contributed by atoms with Crippen LogP contribution in [-0.2, 0) is 17.8 Å². The van der Waals surface area contributed by atoms with Crippen molar-refractivity contribution in [1.29, 1.82) is 0 Å². The summed E-state index contributed by atoms with van der Waals surface area (Å²) in [5, 5.41) is 11.4. The first kappa shape index (κ1) is 23.8. The molecule has 0 aliphatic carbocycles. The molecule has 2 N–H and O–H groups in total. The molecule has 0 aliphatic heterocycles. The molecule has 2 aromatic heterocycles. The van der Waals surface area contributed by atoms with Crippen molar-refractivity contribution in [1.82, 2.24) is 20.0 Å². The maximum Gasteiger partial charge on any atom is 0.341 e. The molecule has 0 spiro atoms. The van der Waals surface area contributed by atoms with Gasteiger partial charge in [0, 0.05) is 37.4 Å². The van der Waals surface area contributed by atoms with E-state index in [4.69, 9.17) is 17.0 Å². The molecular formula is C20H29N5O3S2. The van der Waals surface area contributed by atoms with Gasteiger partial charge < -0.3 is 20.3 Å². The van der Waals surface area contributed by atoms with Gasteiger partial charge in [0.2, 0.25) is 0 Å². The molecule has 0 radical (unpaired) electrons. The summed E-state index contributed by atoms with van der Waals surface area (Å²) in [5.41, 5.74) is 3.03. The van der Waals surface area contributed by atoms with Gasteiger partial charge in [-0.05, 0) is 52.4 Å². The van der Waals surface area contributed by atoms with Crippen LogP contribution < -0.4 is 10.6 Å². The maximum absolute atomic E-state index is 12.9. The summed E-state index contributed by atoms with van der Waals surface area (Å²) in [6.45, 7) is 12.1. The largest absolute Gasteiger partial charge is 0.465 e. The molecule has 0 fully saturated rings. The van der Waals surface area contributed by atoms with Crippen molar-refractivity contribution >= 4 is 45.5 Å². The average Bonchev–Trinajstić information content (AvgIpc) is 3.25. The van der Waals surface area contributed by atoms with Crippen LogP contribution in [-0.4, -0.2) is 51.9 Å². The molecule has 0 atom stereocenters. The summed E-state index contributed by atoms with van der Waals surface area (Å²) >= 11 is 6.63. The van der Waals surface area contributed by atoms with Crippen LogP contribution in [0.2, 0.25) is 0 Å². The number of hydrogen-bond donors (Lipinski definition) is 2. The number of nitrogens with one attached hydrogen (secondary N) is 2. The third-order valence-corrected chi connectivity index (χ3v) is 6.39. The lowest BCUT2D eigenvalue weighted by Gasteiger charge is -2.17. The highest BCUT2D eigenvalue weighted by atomic mass is 32.1. The summed E-state index contributed by atoms with van der Waals surface area (Å²) in [5.74, 6) is -0.616. The zero-order chi connectivity index (χ0) is 22.4. The maximum atomic E-state index is 12.9. The standard InChI is InChI=1S/C20H29N5O3S2/c1-7-24(8-2)18(26)16-12(4)15(19(27)28-6)17(30-16)23-20(29)21-10-14-11-22-25(9-3)13(14)5/h11H,7-10H2,1-6H3,(H2,21,23,29). The van der Waals surface area contributed by atoms with Gasteiger partial charge in [0.15, 0.2) is 5.11 Å². The molecule has 30 heavy (non-hydrogen) atoms. The molecule has 2 rings (SSSR count). The summed E-state index contributed by atoms with van der Waals surface area (Å²) in [4.78, 5) is 27.5. The lowest BCUT2D eigenvalue weighted by molar-refractivity contribution is 0.0601. The Labute approximate surface area is 186 Å². The molecule has 164 valence electrons. The van der Waals surface area contributed by atoms with Crippen LogP contribution in [0.25, 0.3) is 0 Å². The van der Waals surface area contributed by atoms with E-state index in [-0.39, 0.29) is 5.91 Å². The Balaban J connectivity index is 2.23. The van der Waals surface area contributed by atoms with E-state index in [1.807, 2.05) is 38.6 Å². The first-order valence-electron chi connectivity index (χ1n) is 9.85. The van der Waals surface area contributed by atoms with Gasteiger partial charge in [-0.2, -0.15) is 5.10 Å². The average molecular weight is 452 g/mol. The van der Waals surface area contributed by atoms with Crippen LogP contribution in [0.3, 0.4) is 0 Å². The van der Waals surface area contributed by atoms with Crippen molar-refractivity contribution in [2.24, 2.45) is 0 Å². The number of aryl methyl sites for hydroxylation is 1. The van der Waals surface area contributed by atoms with E-state index < -0.39 is 5.97 Å². The summed E-state index contributed by atoms with van der Waals surface area (Å²) in [7, 11) is 1.32. The Morgan fingerprint density at radius 3 is 2.47 bits per heavy atom. The van der Waals surface area contributed by atoms with E-state index >= 15 is 0 Å². The molecular weight excluding hydrogens is 422 g/mol. The van der Waals surface area contributed by atoms with Crippen molar-refractivity contribution < 1.29 is 14.3 Å². The molecule has 0 bridgehead atoms. The minimum atomic E-state index is -0.507. The number of esters is 1. The second-order valence-corrected chi connectivity index (χ2v) is 8.04. The fourth-order valence-electron chi connectivity index (χ4n) is 3.11. The first-order valence-corrected chi connectivity index (χ1v) is 11.1. The number of hydrogen-bond acceptors (Lipinski definition) is 6. The van der Waals surface area contributed by atoms with Crippen molar-refractivity contribution in [2.75, 3.05) is 25.5 Å². The molecule has 0 saturated carbocycles. The number of methoxy groups -OCH3 is 1. The molecule has 2 heterocycles. The number of carbonyl (C=O) groups excluding carboxylic acids is 2. The third-order valence-electron chi connectivity index (χ3n) is 4.95. The van der Waals surface area contributed by atoms with Crippen LogP contribution in [0.15, 0.2) is 6.20 Å². The fraction of sp³-hybridized carbons (Fsp3) is 0.500. The second kappa shape index (κ2) is 10.5. The van der Waals surface area contributed by atoms with Crippen molar-refractivity contribution in [3.8, 4) is 0 Å². The van der Waals surface area contributed by atoms with Gasteiger partial charge in [-0.1, -0.05) is 0 Å². The predicted molar refractivity (Wildman–Crippen MR) is 123 cm³/mol. The highest BCUT2D eigenvalue weighted by Crippen LogP contribution is 2.34. The highest BCUT2D eigenvalue weighted by Gasteiger charge is 2.27. The van der Waals surface area contributed by atoms with Crippen molar-refractivity contribution in [2.45, 2.75) is 47.7 Å². The number of anilines is 1. The van der Waals surface area contributed by atoms with Crippen LogP contribution in [0.4, 0.5) is 5.00 Å². The Morgan fingerprint density at radius 2 is 1.93 bits per heavy atom. The minimum Gasteiger partial charge on any atom is -0.465 e. The quantitative estimate of drug-likeness (QED) is 0.470. The highest BCUT2D eigenvalue weighted by molar-refractivity contribution is 7.80. The third kappa shape index (κ3) is 4.99. The first-order chi connectivity index (χ1) is 14.3. The Kier molecular flexibility index (Phi) is 8.36. The molecule has 0 aliphatic rings. The van der Waals surface area contributed by atoms with Gasteiger partial charge in [-0.15, -0.1) is 11.3 Å².